The Morgan fingerprint density at radius 3 is 2.80 bits per heavy atom. The van der Waals surface area contributed by atoms with Crippen molar-refractivity contribution in [2.45, 2.75) is 37.6 Å². The van der Waals surface area contributed by atoms with Crippen molar-refractivity contribution in [3.8, 4) is 5.75 Å². The topological polar surface area (TPSA) is 62.0 Å². The number of nitrogens with zero attached hydrogens (tertiary/aromatic N) is 3. The van der Waals surface area contributed by atoms with Gasteiger partial charge in [0.1, 0.15) is 17.6 Å². The summed E-state index contributed by atoms with van der Waals surface area (Å²) in [6.45, 7) is 4.27. The molecule has 0 saturated carbocycles. The number of pyridine rings is 1. The molecule has 0 amide bonds. The fourth-order valence-electron chi connectivity index (χ4n) is 3.89. The first-order chi connectivity index (χ1) is 12.3. The lowest BCUT2D eigenvalue weighted by atomic mass is 10.0. The molecular weight excluding hydrogens is 318 g/mol. The zero-order chi connectivity index (χ0) is 17.1. The zero-order valence-corrected chi connectivity index (χ0v) is 14.3. The third-order valence-electron chi connectivity index (χ3n) is 5.18. The van der Waals surface area contributed by atoms with Crippen molar-refractivity contribution in [3.63, 3.8) is 0 Å². The summed E-state index contributed by atoms with van der Waals surface area (Å²) in [6.07, 6.45) is 7.12. The Morgan fingerprint density at radius 2 is 2.08 bits per heavy atom. The molecule has 2 aromatic heterocycles. The van der Waals surface area contributed by atoms with Crippen LogP contribution in [0.15, 0.2) is 47.3 Å². The van der Waals surface area contributed by atoms with Gasteiger partial charge in [-0.25, -0.2) is 0 Å². The molecule has 134 valence electrons. The Hall–Kier alpha value is -1.89. The van der Waals surface area contributed by atoms with Gasteiger partial charge in [0, 0.05) is 38.4 Å². The van der Waals surface area contributed by atoms with E-state index in [0.29, 0.717) is 6.54 Å². The van der Waals surface area contributed by atoms with Crippen LogP contribution in [-0.4, -0.2) is 64.3 Å². The van der Waals surface area contributed by atoms with E-state index in [1.807, 2.05) is 24.3 Å². The molecule has 2 saturated heterocycles. The average Bonchev–Trinajstić information content (AvgIpc) is 3.27. The zero-order valence-electron chi connectivity index (χ0n) is 14.3. The molecule has 0 radical (unpaired) electrons. The molecule has 6 nitrogen and oxygen atoms in total. The van der Waals surface area contributed by atoms with E-state index in [9.17, 15) is 5.11 Å². The Balaban J connectivity index is 1.27. The first-order valence-corrected chi connectivity index (χ1v) is 9.01. The number of aromatic nitrogens is 1. The lowest BCUT2D eigenvalue weighted by Crippen LogP contribution is -2.49. The van der Waals surface area contributed by atoms with Gasteiger partial charge in [0.2, 0.25) is 0 Å². The monoisotopic (exact) mass is 343 g/mol. The number of furan rings is 1. The van der Waals surface area contributed by atoms with Crippen LogP contribution < -0.4 is 4.74 Å². The molecule has 2 aromatic rings. The maximum absolute atomic E-state index is 10.5. The number of hydrogen-bond acceptors (Lipinski definition) is 6. The molecule has 2 aliphatic rings. The number of hydrogen-bond donors (Lipinski definition) is 1. The molecule has 1 N–H and O–H groups in total. The smallest absolute Gasteiger partial charge is 0.137 e. The predicted molar refractivity (Wildman–Crippen MR) is 93.2 cm³/mol. The number of β-amino-alcohol motifs (C(OH)–C–C–N with tert-alkyl or cyclic N) is 1. The summed E-state index contributed by atoms with van der Waals surface area (Å²) in [5.74, 6) is 1.79. The molecule has 2 fully saturated rings. The number of ether oxygens (including phenoxy) is 1. The van der Waals surface area contributed by atoms with Crippen molar-refractivity contribution in [3.05, 3.63) is 48.7 Å². The number of aliphatic hydroxyl groups is 1. The maximum Gasteiger partial charge on any atom is 0.137 e. The molecule has 25 heavy (non-hydrogen) atoms. The van der Waals surface area contributed by atoms with E-state index in [0.717, 1.165) is 50.5 Å². The summed E-state index contributed by atoms with van der Waals surface area (Å²) < 4.78 is 11.4. The third-order valence-corrected chi connectivity index (χ3v) is 5.18. The number of likely N-dealkylation sites (tertiary alicyclic amines) is 2. The minimum absolute atomic E-state index is 0.203. The first-order valence-electron chi connectivity index (χ1n) is 9.01. The van der Waals surface area contributed by atoms with Crippen molar-refractivity contribution >= 4 is 0 Å². The Morgan fingerprint density at radius 1 is 1.20 bits per heavy atom. The van der Waals surface area contributed by atoms with E-state index in [4.69, 9.17) is 9.15 Å². The van der Waals surface area contributed by atoms with E-state index < -0.39 is 0 Å². The summed E-state index contributed by atoms with van der Waals surface area (Å²) in [6, 6.07) is 7.95. The Labute approximate surface area is 148 Å². The van der Waals surface area contributed by atoms with Crippen molar-refractivity contribution in [2.75, 3.05) is 26.2 Å². The summed E-state index contributed by atoms with van der Waals surface area (Å²) in [5, 5.41) is 10.5. The second-order valence-corrected chi connectivity index (χ2v) is 6.95. The number of aliphatic hydroxyl groups excluding tert-OH is 1. The van der Waals surface area contributed by atoms with Gasteiger partial charge in [-0.1, -0.05) is 0 Å². The highest BCUT2D eigenvalue weighted by atomic mass is 16.5. The summed E-state index contributed by atoms with van der Waals surface area (Å²) in [5.41, 5.74) is 0. The standard InChI is InChI=1S/C19H25N3O3/c23-19-14-21(12-17-4-2-10-24-17)13-18(19)22-8-5-15(6-9-22)25-16-3-1-7-20-11-16/h1-4,7,10-11,15,18-19,23H,5-6,8-9,12-14H2/t18-,19-/m1/s1. The maximum atomic E-state index is 10.5. The van der Waals surface area contributed by atoms with E-state index in [2.05, 4.69) is 14.8 Å². The predicted octanol–water partition coefficient (Wildman–Crippen LogP) is 1.76. The van der Waals surface area contributed by atoms with Crippen LogP contribution in [0, 0.1) is 0 Å². The van der Waals surface area contributed by atoms with Crippen LogP contribution in [0.4, 0.5) is 0 Å². The van der Waals surface area contributed by atoms with Gasteiger partial charge in [0.25, 0.3) is 0 Å². The molecule has 0 aliphatic carbocycles. The molecule has 2 aliphatic heterocycles. The van der Waals surface area contributed by atoms with Crippen LogP contribution in [0.25, 0.3) is 0 Å². The Kier molecular flexibility index (Phi) is 5.01. The molecule has 4 rings (SSSR count). The molecule has 0 spiro atoms. The molecule has 6 heteroatoms. The van der Waals surface area contributed by atoms with E-state index in [1.165, 1.54) is 0 Å². The van der Waals surface area contributed by atoms with Gasteiger partial charge < -0.3 is 14.3 Å². The van der Waals surface area contributed by atoms with Crippen molar-refractivity contribution in [2.24, 2.45) is 0 Å². The highest BCUT2D eigenvalue weighted by Crippen LogP contribution is 2.24. The minimum atomic E-state index is -0.300. The highest BCUT2D eigenvalue weighted by Gasteiger charge is 2.37. The van der Waals surface area contributed by atoms with Crippen LogP contribution in [-0.2, 0) is 6.54 Å². The summed E-state index contributed by atoms with van der Waals surface area (Å²) >= 11 is 0. The van der Waals surface area contributed by atoms with Crippen LogP contribution >= 0.6 is 0 Å². The second-order valence-electron chi connectivity index (χ2n) is 6.95. The van der Waals surface area contributed by atoms with Crippen LogP contribution in [0.2, 0.25) is 0 Å². The quantitative estimate of drug-likeness (QED) is 0.893. The fourth-order valence-corrected chi connectivity index (χ4v) is 3.89. The van der Waals surface area contributed by atoms with Gasteiger partial charge in [-0.05, 0) is 37.1 Å². The number of rotatable bonds is 5. The molecule has 0 unspecified atom stereocenters. The molecular formula is C19H25N3O3. The first kappa shape index (κ1) is 16.6. The van der Waals surface area contributed by atoms with E-state index in [-0.39, 0.29) is 18.2 Å². The lowest BCUT2D eigenvalue weighted by Gasteiger charge is -2.37. The average molecular weight is 343 g/mol. The van der Waals surface area contributed by atoms with Crippen LogP contribution in [0.1, 0.15) is 18.6 Å². The van der Waals surface area contributed by atoms with Crippen molar-refractivity contribution < 1.29 is 14.3 Å². The minimum Gasteiger partial charge on any atom is -0.489 e. The molecule has 4 heterocycles. The molecule has 0 aromatic carbocycles. The third kappa shape index (κ3) is 4.03. The van der Waals surface area contributed by atoms with Crippen molar-refractivity contribution in [1.82, 2.24) is 14.8 Å². The summed E-state index contributed by atoms with van der Waals surface area (Å²) in [4.78, 5) is 8.78. The lowest BCUT2D eigenvalue weighted by molar-refractivity contribution is 0.0362. The van der Waals surface area contributed by atoms with Crippen molar-refractivity contribution in [1.29, 1.82) is 0 Å². The molecule has 2 atom stereocenters. The second kappa shape index (κ2) is 7.56. The highest BCUT2D eigenvalue weighted by molar-refractivity contribution is 5.16. The van der Waals surface area contributed by atoms with Gasteiger partial charge in [-0.15, -0.1) is 0 Å². The Bertz CT molecular complexity index is 641. The van der Waals surface area contributed by atoms with Gasteiger partial charge in [0.05, 0.1) is 25.1 Å². The largest absolute Gasteiger partial charge is 0.489 e. The van der Waals surface area contributed by atoms with Gasteiger partial charge >= 0.3 is 0 Å². The van der Waals surface area contributed by atoms with Gasteiger partial charge in [-0.2, -0.15) is 0 Å². The molecule has 0 bridgehead atoms. The van der Waals surface area contributed by atoms with Gasteiger partial charge in [-0.3, -0.25) is 14.8 Å². The summed E-state index contributed by atoms with van der Waals surface area (Å²) in [7, 11) is 0. The van der Waals surface area contributed by atoms with E-state index >= 15 is 0 Å². The van der Waals surface area contributed by atoms with Crippen LogP contribution in [0.3, 0.4) is 0 Å². The van der Waals surface area contributed by atoms with Gasteiger partial charge in [0.15, 0.2) is 0 Å². The fraction of sp³-hybridized carbons (Fsp3) is 0.526. The SMILES string of the molecule is O[C@@H]1CN(Cc2ccco2)C[C@H]1N1CCC(Oc2cccnc2)CC1. The van der Waals surface area contributed by atoms with Crippen LogP contribution in [0.5, 0.6) is 5.75 Å². The number of piperidine rings is 1. The normalized spacial score (nSPS) is 26.1. The van der Waals surface area contributed by atoms with E-state index in [1.54, 1.807) is 18.7 Å².